The number of hydrogen-bond acceptors (Lipinski definition) is 7. The molecule has 0 saturated heterocycles. The van der Waals surface area contributed by atoms with E-state index in [1.807, 2.05) is 0 Å². The molecule has 2 aromatic carbocycles. The maximum Gasteiger partial charge on any atom is 0.446 e. The molecule has 158 valence electrons. The molecule has 0 aromatic heterocycles. The second kappa shape index (κ2) is 10.7. The summed E-state index contributed by atoms with van der Waals surface area (Å²) in [6.07, 6.45) is 0.000113. The van der Waals surface area contributed by atoms with Gasteiger partial charge in [0.05, 0.1) is 37.4 Å². The summed E-state index contributed by atoms with van der Waals surface area (Å²) >= 11 is 1.13. The summed E-state index contributed by atoms with van der Waals surface area (Å²) in [4.78, 5) is 11.9. The smallest absolute Gasteiger partial charge is 0.446 e. The number of nitrogens with two attached hydrogens (primary N) is 1. The summed E-state index contributed by atoms with van der Waals surface area (Å²) in [7, 11) is 1.26. The van der Waals surface area contributed by atoms with Crippen molar-refractivity contribution in [1.82, 2.24) is 0 Å². The number of esters is 1. The van der Waals surface area contributed by atoms with Crippen LogP contribution in [0.4, 0.5) is 24.5 Å². The largest absolute Gasteiger partial charge is 0.469 e. The van der Waals surface area contributed by atoms with Gasteiger partial charge in [-0.1, -0.05) is 24.3 Å². The van der Waals surface area contributed by atoms with Crippen LogP contribution < -0.4 is 11.1 Å². The van der Waals surface area contributed by atoms with Gasteiger partial charge in [-0.2, -0.15) is 13.2 Å². The lowest BCUT2D eigenvalue weighted by atomic mass is 10.1. The Balaban J connectivity index is 2.15. The zero-order valence-corrected chi connectivity index (χ0v) is 17.2. The number of carbonyl (C=O) groups is 1. The molecule has 0 spiro atoms. The van der Waals surface area contributed by atoms with Crippen molar-refractivity contribution in [2.75, 3.05) is 24.0 Å². The van der Waals surface area contributed by atoms with E-state index in [4.69, 9.17) is 10.5 Å². The molecule has 0 aliphatic heterocycles. The molecule has 0 aliphatic carbocycles. The SMILES string of the molecule is COC(=O)CC(SCNc1c(N)cccc1CO)c1cccc(SC(F)(F)F)c1. The Kier molecular flexibility index (Phi) is 8.54. The standard InChI is InChI=1S/C19H21F3N2O3S2/c1-27-17(26)9-16(12-4-2-6-14(8-12)29-19(20,21)22)28-11-24-18-13(10-25)5-3-7-15(18)23/h2-8,16,24-25H,9-11,23H2,1H3. The van der Waals surface area contributed by atoms with E-state index in [0.717, 1.165) is 0 Å². The van der Waals surface area contributed by atoms with Crippen LogP contribution in [0.1, 0.15) is 22.8 Å². The molecule has 0 heterocycles. The van der Waals surface area contributed by atoms with Crippen LogP contribution in [0.15, 0.2) is 47.4 Å². The number of ether oxygens (including phenoxy) is 1. The van der Waals surface area contributed by atoms with Gasteiger partial charge in [0.25, 0.3) is 0 Å². The Hall–Kier alpha value is -2.04. The lowest BCUT2D eigenvalue weighted by molar-refractivity contribution is -0.140. The zero-order chi connectivity index (χ0) is 21.4. The van der Waals surface area contributed by atoms with Gasteiger partial charge >= 0.3 is 11.5 Å². The number of nitrogen functional groups attached to an aromatic ring is 1. The van der Waals surface area contributed by atoms with Crippen LogP contribution in [0.5, 0.6) is 0 Å². The van der Waals surface area contributed by atoms with Gasteiger partial charge in [0, 0.05) is 15.7 Å². The number of halogens is 3. The number of aliphatic hydroxyl groups is 1. The van der Waals surface area contributed by atoms with Gasteiger partial charge in [-0.05, 0) is 35.5 Å². The van der Waals surface area contributed by atoms with Crippen molar-refractivity contribution in [3.8, 4) is 0 Å². The molecule has 0 aliphatic rings. The number of nitrogens with one attached hydrogen (secondary N) is 1. The van der Waals surface area contributed by atoms with Crippen LogP contribution in [-0.2, 0) is 16.1 Å². The molecular formula is C19H21F3N2O3S2. The molecule has 5 nitrogen and oxygen atoms in total. The Morgan fingerprint density at radius 3 is 2.66 bits per heavy atom. The molecule has 1 unspecified atom stereocenters. The van der Waals surface area contributed by atoms with Crippen molar-refractivity contribution < 1.29 is 27.8 Å². The predicted molar refractivity (Wildman–Crippen MR) is 111 cm³/mol. The Morgan fingerprint density at radius 1 is 1.28 bits per heavy atom. The van der Waals surface area contributed by atoms with E-state index >= 15 is 0 Å². The summed E-state index contributed by atoms with van der Waals surface area (Å²) in [5.41, 5.74) is 3.80. The van der Waals surface area contributed by atoms with Gasteiger partial charge in [-0.3, -0.25) is 4.79 Å². The number of benzene rings is 2. The van der Waals surface area contributed by atoms with Gasteiger partial charge in [0.1, 0.15) is 0 Å². The van der Waals surface area contributed by atoms with Crippen LogP contribution in [0, 0.1) is 0 Å². The average molecular weight is 447 g/mol. The number of anilines is 2. The highest BCUT2D eigenvalue weighted by atomic mass is 32.2. The first-order valence-electron chi connectivity index (χ1n) is 8.49. The van der Waals surface area contributed by atoms with Crippen LogP contribution in [0.3, 0.4) is 0 Å². The summed E-state index contributed by atoms with van der Waals surface area (Å²) < 4.78 is 42.8. The van der Waals surface area contributed by atoms with E-state index in [1.165, 1.54) is 37.1 Å². The van der Waals surface area contributed by atoms with Crippen molar-refractivity contribution in [1.29, 1.82) is 0 Å². The number of alkyl halides is 3. The molecule has 4 N–H and O–H groups in total. The van der Waals surface area contributed by atoms with Crippen molar-refractivity contribution in [3.63, 3.8) is 0 Å². The molecule has 2 rings (SSSR count). The Labute approximate surface area is 175 Å². The molecule has 10 heteroatoms. The van der Waals surface area contributed by atoms with E-state index in [0.29, 0.717) is 28.4 Å². The van der Waals surface area contributed by atoms with E-state index in [1.54, 1.807) is 24.3 Å². The first kappa shape index (κ1) is 23.2. The number of hydrogen-bond donors (Lipinski definition) is 3. The van der Waals surface area contributed by atoms with Crippen molar-refractivity contribution in [2.24, 2.45) is 0 Å². The lowest BCUT2D eigenvalue weighted by Crippen LogP contribution is -2.10. The van der Waals surface area contributed by atoms with Crippen LogP contribution in [-0.4, -0.2) is 29.6 Å². The van der Waals surface area contributed by atoms with Crippen LogP contribution >= 0.6 is 23.5 Å². The highest BCUT2D eigenvalue weighted by Crippen LogP contribution is 2.40. The first-order chi connectivity index (χ1) is 13.7. The molecule has 0 amide bonds. The van der Waals surface area contributed by atoms with Crippen LogP contribution in [0.2, 0.25) is 0 Å². The van der Waals surface area contributed by atoms with E-state index < -0.39 is 16.7 Å². The molecule has 1 atom stereocenters. The molecule has 0 saturated carbocycles. The molecule has 29 heavy (non-hydrogen) atoms. The summed E-state index contributed by atoms with van der Waals surface area (Å²) in [5, 5.41) is 12.1. The molecule has 2 aromatic rings. The fourth-order valence-electron chi connectivity index (χ4n) is 2.60. The number of carbonyl (C=O) groups excluding carboxylic acids is 1. The number of methoxy groups -OCH3 is 1. The van der Waals surface area contributed by atoms with Gasteiger partial charge in [-0.15, -0.1) is 11.8 Å². The highest BCUT2D eigenvalue weighted by molar-refractivity contribution is 8.00. The Morgan fingerprint density at radius 2 is 2.00 bits per heavy atom. The fourth-order valence-corrected chi connectivity index (χ4v) is 4.23. The van der Waals surface area contributed by atoms with E-state index in [9.17, 15) is 23.1 Å². The average Bonchev–Trinajstić information content (AvgIpc) is 2.66. The monoisotopic (exact) mass is 446 g/mol. The second-order valence-corrected chi connectivity index (χ2v) is 8.25. The molecule has 0 bridgehead atoms. The fraction of sp³-hybridized carbons (Fsp3) is 0.316. The number of thioether (sulfide) groups is 2. The van der Waals surface area contributed by atoms with Gasteiger partial charge in [0.2, 0.25) is 0 Å². The van der Waals surface area contributed by atoms with Crippen molar-refractivity contribution >= 4 is 40.9 Å². The summed E-state index contributed by atoms with van der Waals surface area (Å²) in [6, 6.07) is 11.1. The van der Waals surface area contributed by atoms with E-state index in [-0.39, 0.29) is 29.7 Å². The highest BCUT2D eigenvalue weighted by Gasteiger charge is 2.29. The molecule has 0 fully saturated rings. The van der Waals surface area contributed by atoms with Crippen LogP contribution in [0.25, 0.3) is 0 Å². The quantitative estimate of drug-likeness (QED) is 0.221. The third-order valence-electron chi connectivity index (χ3n) is 3.93. The maximum atomic E-state index is 12.7. The summed E-state index contributed by atoms with van der Waals surface area (Å²) in [6.45, 7) is -0.194. The molecule has 0 radical (unpaired) electrons. The third kappa shape index (κ3) is 7.37. The normalized spacial score (nSPS) is 12.4. The predicted octanol–water partition coefficient (Wildman–Crippen LogP) is 4.78. The number of aliphatic hydroxyl groups excluding tert-OH is 1. The zero-order valence-electron chi connectivity index (χ0n) is 15.5. The van der Waals surface area contributed by atoms with Gasteiger partial charge in [-0.25, -0.2) is 0 Å². The van der Waals surface area contributed by atoms with Crippen molar-refractivity contribution in [3.05, 3.63) is 53.6 Å². The third-order valence-corrected chi connectivity index (χ3v) is 5.80. The number of rotatable bonds is 9. The summed E-state index contributed by atoms with van der Waals surface area (Å²) in [5.74, 6) is -0.147. The Bertz CT molecular complexity index is 835. The molecular weight excluding hydrogens is 425 g/mol. The van der Waals surface area contributed by atoms with E-state index in [2.05, 4.69) is 5.32 Å². The lowest BCUT2D eigenvalue weighted by Gasteiger charge is -2.19. The second-order valence-electron chi connectivity index (χ2n) is 5.92. The maximum absolute atomic E-state index is 12.7. The topological polar surface area (TPSA) is 84.6 Å². The van der Waals surface area contributed by atoms with Crippen molar-refractivity contribution in [2.45, 2.75) is 28.7 Å². The van der Waals surface area contributed by atoms with Gasteiger partial charge < -0.3 is 20.9 Å². The van der Waals surface area contributed by atoms with Gasteiger partial charge in [0.15, 0.2) is 0 Å². The minimum absolute atomic E-state index is 0.000113. The first-order valence-corrected chi connectivity index (χ1v) is 10.4. The number of para-hydroxylation sites is 1. The minimum atomic E-state index is -4.39. The minimum Gasteiger partial charge on any atom is -0.469 e.